The molecule has 3 nitrogen and oxygen atoms in total. The largest absolute Gasteiger partial charge is 0.381 e. The summed E-state index contributed by atoms with van der Waals surface area (Å²) in [6.07, 6.45) is 2.66. The van der Waals surface area contributed by atoms with Crippen molar-refractivity contribution in [2.75, 3.05) is 33.4 Å². The maximum Gasteiger partial charge on any atom is 0.0722 e. The number of ether oxygens (including phenoxy) is 2. The van der Waals surface area contributed by atoms with Crippen molar-refractivity contribution >= 4 is 0 Å². The standard InChI is InChI=1S/C12H25NO2/c1-10(2)12(8-13-3)15-9-11-4-6-14-7-5-11/h10-13H,4-9H2,1-3H3. The molecular weight excluding hydrogens is 190 g/mol. The molecule has 0 aromatic heterocycles. The van der Waals surface area contributed by atoms with Crippen LogP contribution in [0, 0.1) is 11.8 Å². The molecule has 0 aromatic carbocycles. The summed E-state index contributed by atoms with van der Waals surface area (Å²) >= 11 is 0. The first-order valence-electron chi connectivity index (χ1n) is 6.08. The monoisotopic (exact) mass is 215 g/mol. The second-order valence-electron chi connectivity index (χ2n) is 4.73. The molecule has 1 aliphatic rings. The molecule has 0 saturated carbocycles. The van der Waals surface area contributed by atoms with Gasteiger partial charge in [0.05, 0.1) is 12.7 Å². The van der Waals surface area contributed by atoms with Gasteiger partial charge in [-0.25, -0.2) is 0 Å². The molecule has 1 atom stereocenters. The highest BCUT2D eigenvalue weighted by Crippen LogP contribution is 2.17. The minimum Gasteiger partial charge on any atom is -0.381 e. The van der Waals surface area contributed by atoms with Crippen molar-refractivity contribution in [2.24, 2.45) is 11.8 Å². The lowest BCUT2D eigenvalue weighted by Crippen LogP contribution is -2.33. The summed E-state index contributed by atoms with van der Waals surface area (Å²) in [6.45, 7) is 8.09. The number of hydrogen-bond donors (Lipinski definition) is 1. The SMILES string of the molecule is CNCC(OCC1CCOCC1)C(C)C. The molecule has 1 unspecified atom stereocenters. The van der Waals surface area contributed by atoms with Crippen LogP contribution in [-0.4, -0.2) is 39.5 Å². The van der Waals surface area contributed by atoms with Crippen molar-refractivity contribution in [3.63, 3.8) is 0 Å². The second-order valence-corrected chi connectivity index (χ2v) is 4.73. The molecule has 1 saturated heterocycles. The fourth-order valence-electron chi connectivity index (χ4n) is 1.86. The van der Waals surface area contributed by atoms with Gasteiger partial charge in [-0.15, -0.1) is 0 Å². The zero-order valence-electron chi connectivity index (χ0n) is 10.3. The van der Waals surface area contributed by atoms with Crippen LogP contribution in [0.3, 0.4) is 0 Å². The Balaban J connectivity index is 2.19. The van der Waals surface area contributed by atoms with E-state index in [1.807, 2.05) is 7.05 Å². The van der Waals surface area contributed by atoms with Crippen LogP contribution in [0.2, 0.25) is 0 Å². The number of nitrogens with one attached hydrogen (secondary N) is 1. The Bertz CT molecular complexity index is 156. The normalized spacial score (nSPS) is 20.8. The first-order valence-corrected chi connectivity index (χ1v) is 6.08. The third-order valence-corrected chi connectivity index (χ3v) is 3.04. The number of rotatable bonds is 6. The number of likely N-dealkylation sites (N-methyl/N-ethyl adjacent to an activating group) is 1. The van der Waals surface area contributed by atoms with Crippen LogP contribution in [0.1, 0.15) is 26.7 Å². The van der Waals surface area contributed by atoms with E-state index >= 15 is 0 Å². The summed E-state index contributed by atoms with van der Waals surface area (Å²) in [7, 11) is 1.98. The highest BCUT2D eigenvalue weighted by Gasteiger charge is 2.18. The quantitative estimate of drug-likeness (QED) is 0.731. The zero-order valence-corrected chi connectivity index (χ0v) is 10.3. The van der Waals surface area contributed by atoms with E-state index in [0.717, 1.165) is 39.2 Å². The van der Waals surface area contributed by atoms with Crippen LogP contribution in [-0.2, 0) is 9.47 Å². The lowest BCUT2D eigenvalue weighted by molar-refractivity contribution is -0.0255. The summed E-state index contributed by atoms with van der Waals surface area (Å²) in [5, 5.41) is 3.19. The first kappa shape index (κ1) is 12.9. The summed E-state index contributed by atoms with van der Waals surface area (Å²) in [5.74, 6) is 1.29. The van der Waals surface area contributed by atoms with Crippen LogP contribution in [0.5, 0.6) is 0 Å². The molecule has 1 aliphatic heterocycles. The highest BCUT2D eigenvalue weighted by atomic mass is 16.5. The minimum atomic E-state index is 0.345. The third-order valence-electron chi connectivity index (χ3n) is 3.04. The van der Waals surface area contributed by atoms with Crippen LogP contribution in [0.25, 0.3) is 0 Å². The number of hydrogen-bond acceptors (Lipinski definition) is 3. The molecule has 1 heterocycles. The van der Waals surface area contributed by atoms with Crippen LogP contribution >= 0.6 is 0 Å². The molecule has 0 aromatic rings. The van der Waals surface area contributed by atoms with Crippen molar-refractivity contribution in [1.82, 2.24) is 5.32 Å². The third kappa shape index (κ3) is 4.96. The second kappa shape index (κ2) is 7.20. The van der Waals surface area contributed by atoms with E-state index in [1.54, 1.807) is 0 Å². The van der Waals surface area contributed by atoms with E-state index in [4.69, 9.17) is 9.47 Å². The lowest BCUT2D eigenvalue weighted by Gasteiger charge is -2.26. The van der Waals surface area contributed by atoms with Gasteiger partial charge in [0.15, 0.2) is 0 Å². The topological polar surface area (TPSA) is 30.5 Å². The van der Waals surface area contributed by atoms with Crippen LogP contribution < -0.4 is 5.32 Å². The van der Waals surface area contributed by atoms with Crippen molar-refractivity contribution in [1.29, 1.82) is 0 Å². The van der Waals surface area contributed by atoms with Gasteiger partial charge in [-0.2, -0.15) is 0 Å². The summed E-state index contributed by atoms with van der Waals surface area (Å²) in [6, 6.07) is 0. The van der Waals surface area contributed by atoms with E-state index < -0.39 is 0 Å². The van der Waals surface area contributed by atoms with Gasteiger partial charge in [0.25, 0.3) is 0 Å². The molecular formula is C12H25NO2. The predicted octanol–water partition coefficient (Wildman–Crippen LogP) is 1.67. The maximum absolute atomic E-state index is 5.97. The molecule has 15 heavy (non-hydrogen) atoms. The van der Waals surface area contributed by atoms with Gasteiger partial charge in [0.1, 0.15) is 0 Å². The fourth-order valence-corrected chi connectivity index (χ4v) is 1.86. The fraction of sp³-hybridized carbons (Fsp3) is 1.00. The van der Waals surface area contributed by atoms with Crippen molar-refractivity contribution < 1.29 is 9.47 Å². The van der Waals surface area contributed by atoms with Gasteiger partial charge >= 0.3 is 0 Å². The summed E-state index contributed by atoms with van der Waals surface area (Å²) in [4.78, 5) is 0. The molecule has 1 fully saturated rings. The predicted molar refractivity (Wildman–Crippen MR) is 62.0 cm³/mol. The van der Waals surface area contributed by atoms with Crippen molar-refractivity contribution in [3.8, 4) is 0 Å². The Morgan fingerprint density at radius 1 is 1.33 bits per heavy atom. The van der Waals surface area contributed by atoms with E-state index in [9.17, 15) is 0 Å². The summed E-state index contributed by atoms with van der Waals surface area (Å²) < 4.78 is 11.3. The molecule has 0 amide bonds. The smallest absolute Gasteiger partial charge is 0.0722 e. The van der Waals surface area contributed by atoms with Gasteiger partial charge < -0.3 is 14.8 Å². The molecule has 0 radical (unpaired) electrons. The Labute approximate surface area is 93.5 Å². The van der Waals surface area contributed by atoms with Crippen molar-refractivity contribution in [2.45, 2.75) is 32.8 Å². The molecule has 1 N–H and O–H groups in total. The van der Waals surface area contributed by atoms with Gasteiger partial charge in [-0.05, 0) is 31.7 Å². The Morgan fingerprint density at radius 3 is 2.53 bits per heavy atom. The Hall–Kier alpha value is -0.120. The molecule has 3 heteroatoms. The Kier molecular flexibility index (Phi) is 6.22. The van der Waals surface area contributed by atoms with Gasteiger partial charge in [0.2, 0.25) is 0 Å². The van der Waals surface area contributed by atoms with E-state index in [-0.39, 0.29) is 0 Å². The van der Waals surface area contributed by atoms with E-state index in [2.05, 4.69) is 19.2 Å². The first-order chi connectivity index (χ1) is 7.24. The molecule has 1 rings (SSSR count). The lowest BCUT2D eigenvalue weighted by atomic mass is 10.0. The van der Waals surface area contributed by atoms with Crippen LogP contribution in [0.4, 0.5) is 0 Å². The van der Waals surface area contributed by atoms with Crippen LogP contribution in [0.15, 0.2) is 0 Å². The molecule has 0 aliphatic carbocycles. The van der Waals surface area contributed by atoms with Gasteiger partial charge in [-0.3, -0.25) is 0 Å². The maximum atomic E-state index is 5.97. The molecule has 90 valence electrons. The summed E-state index contributed by atoms with van der Waals surface area (Å²) in [5.41, 5.74) is 0. The average molecular weight is 215 g/mol. The highest BCUT2D eigenvalue weighted by molar-refractivity contribution is 4.68. The van der Waals surface area contributed by atoms with E-state index in [0.29, 0.717) is 17.9 Å². The van der Waals surface area contributed by atoms with Gasteiger partial charge in [-0.1, -0.05) is 13.8 Å². The Morgan fingerprint density at radius 2 is 2.00 bits per heavy atom. The molecule has 0 spiro atoms. The van der Waals surface area contributed by atoms with Crippen molar-refractivity contribution in [3.05, 3.63) is 0 Å². The minimum absolute atomic E-state index is 0.345. The zero-order chi connectivity index (χ0) is 11.1. The van der Waals surface area contributed by atoms with E-state index in [1.165, 1.54) is 0 Å². The van der Waals surface area contributed by atoms with Gasteiger partial charge in [0, 0.05) is 19.8 Å². The average Bonchev–Trinajstić information content (AvgIpc) is 2.25. The molecule has 0 bridgehead atoms.